The van der Waals surface area contributed by atoms with Gasteiger partial charge in [0.05, 0.1) is 0 Å². The summed E-state index contributed by atoms with van der Waals surface area (Å²) in [5.74, 6) is 0. The largest absolute Gasteiger partial charge is 0.325 e. The maximum Gasteiger partial charge on any atom is 0.321 e. The maximum absolute atomic E-state index is 12.4. The number of hydrogen-bond acceptors (Lipinski definition) is 4. The standard InChI is InChI=1S/C19H31N3OS.CH3BO/c1-5-12-19(2,3)24-17-8-6-15(7-9-17)21-18(23)22(4)16-10-13-20-14-11-16;1-2-3/h6-9,16,20H,5,10-14H2,1-4H3,(H,21,23);1H3. The molecule has 150 valence electrons. The van der Waals surface area contributed by atoms with Crippen LogP contribution in [0.3, 0.4) is 0 Å². The van der Waals surface area contributed by atoms with Crippen molar-refractivity contribution < 1.29 is 9.50 Å². The van der Waals surface area contributed by atoms with Crippen LogP contribution < -0.4 is 10.6 Å². The van der Waals surface area contributed by atoms with Gasteiger partial charge in [-0.25, -0.2) is 4.79 Å². The van der Waals surface area contributed by atoms with E-state index in [4.69, 9.17) is 4.70 Å². The molecule has 0 aromatic heterocycles. The van der Waals surface area contributed by atoms with Gasteiger partial charge in [-0.2, -0.15) is 0 Å². The molecule has 0 bridgehead atoms. The van der Waals surface area contributed by atoms with Crippen molar-refractivity contribution in [2.24, 2.45) is 0 Å². The Labute approximate surface area is 169 Å². The van der Waals surface area contributed by atoms with Gasteiger partial charge in [0.1, 0.15) is 0 Å². The van der Waals surface area contributed by atoms with Crippen molar-refractivity contribution in [1.82, 2.24) is 10.2 Å². The number of nitrogens with zero attached hydrogens (tertiary/aromatic N) is 1. The van der Waals surface area contributed by atoms with Crippen LogP contribution in [0.25, 0.3) is 0 Å². The van der Waals surface area contributed by atoms with Gasteiger partial charge in [0.2, 0.25) is 0 Å². The zero-order chi connectivity index (χ0) is 20.3. The molecule has 2 N–H and O–H groups in total. The van der Waals surface area contributed by atoms with Crippen LogP contribution in [0.4, 0.5) is 10.5 Å². The molecule has 5 nitrogen and oxygen atoms in total. The third kappa shape index (κ3) is 8.93. The van der Waals surface area contributed by atoms with Crippen LogP contribution >= 0.6 is 11.8 Å². The summed E-state index contributed by atoms with van der Waals surface area (Å²) in [5.41, 5.74) is 0.860. The van der Waals surface area contributed by atoms with E-state index in [0.717, 1.165) is 38.8 Å². The van der Waals surface area contributed by atoms with Crippen LogP contribution in [0, 0.1) is 0 Å². The van der Waals surface area contributed by atoms with E-state index in [1.165, 1.54) is 24.6 Å². The van der Waals surface area contributed by atoms with Crippen molar-refractivity contribution >= 4 is 30.6 Å². The molecule has 2 rings (SSSR count). The molecule has 1 saturated heterocycles. The number of hydrogen-bond donors (Lipinski definition) is 2. The molecule has 1 aromatic rings. The number of carbonyl (C=O) groups is 1. The number of urea groups is 1. The van der Waals surface area contributed by atoms with E-state index < -0.39 is 0 Å². The number of nitrogens with one attached hydrogen (secondary N) is 2. The van der Waals surface area contributed by atoms with Gasteiger partial charge < -0.3 is 15.5 Å². The van der Waals surface area contributed by atoms with Gasteiger partial charge in [0.15, 0.2) is 0 Å². The Morgan fingerprint density at radius 2 is 1.85 bits per heavy atom. The van der Waals surface area contributed by atoms with Crippen LogP contribution in [0.15, 0.2) is 29.2 Å². The van der Waals surface area contributed by atoms with Crippen molar-refractivity contribution in [3.05, 3.63) is 24.3 Å². The molecule has 0 spiro atoms. The second-order valence-electron chi connectivity index (χ2n) is 7.39. The van der Waals surface area contributed by atoms with E-state index in [9.17, 15) is 4.79 Å². The van der Waals surface area contributed by atoms with Gasteiger partial charge >= 0.3 is 24.7 Å². The average molecular weight is 391 g/mol. The van der Waals surface area contributed by atoms with E-state index >= 15 is 0 Å². The molecule has 1 aromatic carbocycles. The first-order valence-corrected chi connectivity index (χ1v) is 10.6. The van der Waals surface area contributed by atoms with Crippen molar-refractivity contribution in [3.63, 3.8) is 0 Å². The molecule has 0 atom stereocenters. The number of thioether (sulfide) groups is 1. The Morgan fingerprint density at radius 3 is 2.37 bits per heavy atom. The van der Waals surface area contributed by atoms with Gasteiger partial charge in [-0.3, -0.25) is 0 Å². The predicted octanol–water partition coefficient (Wildman–Crippen LogP) is 4.66. The Hall–Kier alpha value is -1.34. The third-order valence-corrected chi connectivity index (χ3v) is 5.79. The van der Waals surface area contributed by atoms with Crippen molar-refractivity contribution in [2.75, 3.05) is 25.5 Å². The Balaban J connectivity index is 0.00000114. The van der Waals surface area contributed by atoms with Crippen LogP contribution in [0.5, 0.6) is 0 Å². The molecule has 1 fully saturated rings. The summed E-state index contributed by atoms with van der Waals surface area (Å²) in [5, 5.41) is 6.34. The molecule has 0 aliphatic carbocycles. The normalized spacial score (nSPS) is 14.6. The number of piperidine rings is 1. The first-order chi connectivity index (χ1) is 12.8. The van der Waals surface area contributed by atoms with E-state index in [-0.39, 0.29) is 10.8 Å². The average Bonchev–Trinajstić information content (AvgIpc) is 2.63. The summed E-state index contributed by atoms with van der Waals surface area (Å²) in [6.07, 6.45) is 4.42. The fourth-order valence-corrected chi connectivity index (χ4v) is 4.37. The molecule has 0 saturated carbocycles. The molecule has 1 heterocycles. The number of carbonyl (C=O) groups excluding carboxylic acids is 1. The summed E-state index contributed by atoms with van der Waals surface area (Å²) in [6.45, 7) is 10.2. The van der Waals surface area contributed by atoms with Gasteiger partial charge in [-0.05, 0) is 56.6 Å². The van der Waals surface area contributed by atoms with Crippen LogP contribution in [0.2, 0.25) is 6.82 Å². The van der Waals surface area contributed by atoms with Gasteiger partial charge in [0.25, 0.3) is 0 Å². The zero-order valence-corrected chi connectivity index (χ0v) is 18.2. The van der Waals surface area contributed by atoms with Crippen LogP contribution in [-0.4, -0.2) is 49.0 Å². The molecule has 7 heteroatoms. The topological polar surface area (TPSA) is 61.4 Å². The zero-order valence-electron chi connectivity index (χ0n) is 17.4. The Kier molecular flexibility index (Phi) is 10.7. The van der Waals surface area contributed by atoms with E-state index in [2.05, 4.69) is 43.5 Å². The Morgan fingerprint density at radius 1 is 1.30 bits per heavy atom. The van der Waals surface area contributed by atoms with Gasteiger partial charge in [-0.1, -0.05) is 27.2 Å². The second kappa shape index (κ2) is 12.2. The van der Waals surface area contributed by atoms with Gasteiger partial charge in [-0.15, -0.1) is 11.8 Å². The molecule has 27 heavy (non-hydrogen) atoms. The molecular weight excluding hydrogens is 357 g/mol. The molecule has 0 radical (unpaired) electrons. The first kappa shape index (κ1) is 23.7. The third-order valence-electron chi connectivity index (χ3n) is 4.53. The minimum atomic E-state index is -0.0198. The van der Waals surface area contributed by atoms with E-state index in [1.807, 2.05) is 35.8 Å². The molecular formula is C20H34BN3O2S. The second-order valence-corrected chi connectivity index (χ2v) is 9.17. The van der Waals surface area contributed by atoms with Gasteiger partial charge in [0, 0.05) is 28.4 Å². The first-order valence-electron chi connectivity index (χ1n) is 9.76. The van der Waals surface area contributed by atoms with Crippen LogP contribution in [-0.2, 0) is 4.70 Å². The fourth-order valence-electron chi connectivity index (χ4n) is 3.15. The SMILES string of the molecule is CB=O.CCCC(C)(C)Sc1ccc(NC(=O)N(C)C2CCNCC2)cc1. The number of amides is 2. The number of rotatable bonds is 6. The minimum Gasteiger partial charge on any atom is -0.325 e. The molecule has 2 amide bonds. The van der Waals surface area contributed by atoms with Crippen LogP contribution in [0.1, 0.15) is 46.5 Å². The molecule has 1 aliphatic heterocycles. The summed E-state index contributed by atoms with van der Waals surface area (Å²) in [4.78, 5) is 15.5. The maximum atomic E-state index is 12.4. The van der Waals surface area contributed by atoms with Crippen molar-refractivity contribution in [1.29, 1.82) is 0 Å². The summed E-state index contributed by atoms with van der Waals surface area (Å²) in [7, 11) is 2.64. The summed E-state index contributed by atoms with van der Waals surface area (Å²) in [6, 6.07) is 8.51. The predicted molar refractivity (Wildman–Crippen MR) is 116 cm³/mol. The number of benzene rings is 1. The van der Waals surface area contributed by atoms with Crippen molar-refractivity contribution in [3.8, 4) is 0 Å². The quantitative estimate of drug-likeness (QED) is 0.547. The number of anilines is 1. The fraction of sp³-hybridized carbons (Fsp3) is 0.650. The monoisotopic (exact) mass is 391 g/mol. The summed E-state index contributed by atoms with van der Waals surface area (Å²) < 4.78 is 9.05. The minimum absolute atomic E-state index is 0.0198. The molecule has 0 unspecified atom stereocenters. The van der Waals surface area contributed by atoms with E-state index in [0.29, 0.717) is 6.04 Å². The molecule has 1 aliphatic rings. The smallest absolute Gasteiger partial charge is 0.321 e. The Bertz CT molecular complexity index is 575. The van der Waals surface area contributed by atoms with Crippen molar-refractivity contribution in [2.45, 2.75) is 69.0 Å². The van der Waals surface area contributed by atoms with E-state index in [1.54, 1.807) is 0 Å². The summed E-state index contributed by atoms with van der Waals surface area (Å²) >= 11 is 1.90.